The maximum atomic E-state index is 6.01. The summed E-state index contributed by atoms with van der Waals surface area (Å²) in [5.74, 6) is 1.70. The third-order valence-corrected chi connectivity index (χ3v) is 3.95. The van der Waals surface area contributed by atoms with E-state index in [1.165, 1.54) is 18.4 Å². The van der Waals surface area contributed by atoms with E-state index < -0.39 is 0 Å². The van der Waals surface area contributed by atoms with Crippen LogP contribution in [0.2, 0.25) is 0 Å². The van der Waals surface area contributed by atoms with Gasteiger partial charge in [0.05, 0.1) is 26.9 Å². The van der Waals surface area contributed by atoms with Gasteiger partial charge in [-0.2, -0.15) is 0 Å². The van der Waals surface area contributed by atoms with Gasteiger partial charge in [-0.1, -0.05) is 13.8 Å². The summed E-state index contributed by atoms with van der Waals surface area (Å²) in [6.07, 6.45) is 2.45. The minimum Gasteiger partial charge on any atom is -0.497 e. The second-order valence-corrected chi connectivity index (χ2v) is 5.50. The average Bonchev–Trinajstić information content (AvgIpc) is 2.90. The fraction of sp³-hybridized carbons (Fsp3) is 0.647. The molecule has 1 atom stereocenters. The highest BCUT2D eigenvalue weighted by Crippen LogP contribution is 2.40. The van der Waals surface area contributed by atoms with Crippen LogP contribution in [0.15, 0.2) is 12.1 Å². The summed E-state index contributed by atoms with van der Waals surface area (Å²) in [4.78, 5) is 2.48. The number of ether oxygens (including phenoxy) is 3. The Morgan fingerprint density at radius 3 is 2.36 bits per heavy atom. The minimum atomic E-state index is 0. The topological polar surface area (TPSA) is 30.9 Å². The molecule has 0 aliphatic carbocycles. The van der Waals surface area contributed by atoms with Crippen molar-refractivity contribution >= 4 is 12.4 Å². The molecule has 126 valence electrons. The highest BCUT2D eigenvalue weighted by Gasteiger charge is 2.28. The molecule has 0 bridgehead atoms. The van der Waals surface area contributed by atoms with Crippen molar-refractivity contribution in [1.82, 2.24) is 4.90 Å². The molecule has 1 aliphatic heterocycles. The van der Waals surface area contributed by atoms with Crippen LogP contribution in [-0.2, 0) is 11.3 Å². The Morgan fingerprint density at radius 2 is 1.82 bits per heavy atom. The van der Waals surface area contributed by atoms with E-state index in [0.29, 0.717) is 6.61 Å². The Labute approximate surface area is 140 Å². The molecule has 1 unspecified atom stereocenters. The first kappa shape index (κ1) is 19.1. The number of hydrogen-bond acceptors (Lipinski definition) is 4. The Kier molecular flexibility index (Phi) is 8.01. The summed E-state index contributed by atoms with van der Waals surface area (Å²) in [5.41, 5.74) is 2.37. The molecule has 0 spiro atoms. The van der Waals surface area contributed by atoms with E-state index in [2.05, 4.69) is 24.8 Å². The van der Waals surface area contributed by atoms with Crippen LogP contribution >= 0.6 is 12.4 Å². The largest absolute Gasteiger partial charge is 0.497 e. The quantitative estimate of drug-likeness (QED) is 0.725. The zero-order valence-electron chi connectivity index (χ0n) is 14.1. The number of benzene rings is 1. The predicted octanol–water partition coefficient (Wildman–Crippen LogP) is 3.82. The molecule has 0 amide bonds. The summed E-state index contributed by atoms with van der Waals surface area (Å²) in [6.45, 7) is 8.23. The highest BCUT2D eigenvalue weighted by atomic mass is 35.5. The standard InChI is InChI=1S/C17H27NO3.ClH/c1-5-7-18(8-6-2)11-17-14-9-13(19-3)10-16(20-4)15(14)12-21-17;/h9-10,17H,5-8,11-12H2,1-4H3;1H. The number of nitrogens with zero attached hydrogens (tertiary/aromatic N) is 1. The van der Waals surface area contributed by atoms with Gasteiger partial charge in [-0.25, -0.2) is 0 Å². The van der Waals surface area contributed by atoms with E-state index in [0.717, 1.165) is 36.7 Å². The van der Waals surface area contributed by atoms with Crippen LogP contribution in [0, 0.1) is 0 Å². The van der Waals surface area contributed by atoms with Gasteiger partial charge in [0.15, 0.2) is 0 Å². The second-order valence-electron chi connectivity index (χ2n) is 5.50. The van der Waals surface area contributed by atoms with Crippen molar-refractivity contribution in [2.24, 2.45) is 0 Å². The zero-order chi connectivity index (χ0) is 15.2. The molecule has 0 saturated carbocycles. The molecule has 5 heteroatoms. The van der Waals surface area contributed by atoms with Gasteiger partial charge >= 0.3 is 0 Å². The minimum absolute atomic E-state index is 0. The summed E-state index contributed by atoms with van der Waals surface area (Å²) < 4.78 is 16.9. The van der Waals surface area contributed by atoms with Crippen molar-refractivity contribution in [3.05, 3.63) is 23.3 Å². The van der Waals surface area contributed by atoms with Gasteiger partial charge in [-0.05, 0) is 37.6 Å². The van der Waals surface area contributed by atoms with Crippen LogP contribution in [0.3, 0.4) is 0 Å². The summed E-state index contributed by atoms with van der Waals surface area (Å²) >= 11 is 0. The number of fused-ring (bicyclic) bond motifs is 1. The van der Waals surface area contributed by atoms with Gasteiger partial charge in [0.1, 0.15) is 11.5 Å². The van der Waals surface area contributed by atoms with Gasteiger partial charge in [0.2, 0.25) is 0 Å². The van der Waals surface area contributed by atoms with Gasteiger partial charge in [-0.15, -0.1) is 12.4 Å². The zero-order valence-corrected chi connectivity index (χ0v) is 14.9. The molecule has 0 fully saturated rings. The van der Waals surface area contributed by atoms with Crippen molar-refractivity contribution in [2.75, 3.05) is 33.9 Å². The van der Waals surface area contributed by atoms with E-state index in [1.807, 2.05) is 6.07 Å². The van der Waals surface area contributed by atoms with Crippen molar-refractivity contribution in [3.63, 3.8) is 0 Å². The third-order valence-electron chi connectivity index (χ3n) is 3.95. The van der Waals surface area contributed by atoms with E-state index in [9.17, 15) is 0 Å². The van der Waals surface area contributed by atoms with Gasteiger partial charge < -0.3 is 19.1 Å². The summed E-state index contributed by atoms with van der Waals surface area (Å²) in [7, 11) is 3.38. The van der Waals surface area contributed by atoms with Crippen LogP contribution in [-0.4, -0.2) is 38.8 Å². The number of halogens is 1. The molecule has 1 heterocycles. The lowest BCUT2D eigenvalue weighted by Crippen LogP contribution is -2.30. The maximum Gasteiger partial charge on any atom is 0.128 e. The lowest BCUT2D eigenvalue weighted by atomic mass is 10.0. The lowest BCUT2D eigenvalue weighted by Gasteiger charge is -2.24. The number of hydrogen-bond donors (Lipinski definition) is 0. The molecule has 4 nitrogen and oxygen atoms in total. The van der Waals surface area contributed by atoms with E-state index in [-0.39, 0.29) is 18.5 Å². The molecule has 0 radical (unpaired) electrons. The summed E-state index contributed by atoms with van der Waals surface area (Å²) in [6, 6.07) is 4.02. The first-order valence-corrected chi connectivity index (χ1v) is 7.82. The van der Waals surface area contributed by atoms with Crippen molar-refractivity contribution < 1.29 is 14.2 Å². The molecule has 0 saturated heterocycles. The Hall–Kier alpha value is -0.970. The summed E-state index contributed by atoms with van der Waals surface area (Å²) in [5, 5.41) is 0. The molecule has 22 heavy (non-hydrogen) atoms. The fourth-order valence-electron chi connectivity index (χ4n) is 2.97. The normalized spacial score (nSPS) is 16.3. The molecular weight excluding hydrogens is 302 g/mol. The first-order valence-electron chi connectivity index (χ1n) is 7.82. The molecular formula is C17H28ClNO3. The van der Waals surface area contributed by atoms with Crippen LogP contribution in [0.5, 0.6) is 11.5 Å². The first-order chi connectivity index (χ1) is 10.2. The Balaban J connectivity index is 0.00000242. The SMILES string of the molecule is CCCN(CCC)CC1OCc2c(OC)cc(OC)cc21.Cl. The third kappa shape index (κ3) is 4.28. The van der Waals surface area contributed by atoms with Crippen molar-refractivity contribution in [2.45, 2.75) is 39.4 Å². The van der Waals surface area contributed by atoms with E-state index >= 15 is 0 Å². The molecule has 1 aliphatic rings. The number of methoxy groups -OCH3 is 2. The molecule has 0 aromatic heterocycles. The number of rotatable bonds is 8. The maximum absolute atomic E-state index is 6.01. The van der Waals surface area contributed by atoms with Gasteiger partial charge in [0.25, 0.3) is 0 Å². The predicted molar refractivity (Wildman–Crippen MR) is 91.3 cm³/mol. The highest BCUT2D eigenvalue weighted by molar-refractivity contribution is 5.85. The van der Waals surface area contributed by atoms with Crippen LogP contribution in [0.25, 0.3) is 0 Å². The Morgan fingerprint density at radius 1 is 1.14 bits per heavy atom. The molecule has 0 N–H and O–H groups in total. The Bertz CT molecular complexity index is 461. The van der Waals surface area contributed by atoms with E-state index in [1.54, 1.807) is 14.2 Å². The van der Waals surface area contributed by atoms with Crippen LogP contribution < -0.4 is 9.47 Å². The van der Waals surface area contributed by atoms with Gasteiger partial charge in [0, 0.05) is 18.2 Å². The lowest BCUT2D eigenvalue weighted by molar-refractivity contribution is 0.0361. The molecule has 1 aromatic carbocycles. The fourth-order valence-corrected chi connectivity index (χ4v) is 2.97. The van der Waals surface area contributed by atoms with Gasteiger partial charge in [-0.3, -0.25) is 0 Å². The molecule has 2 rings (SSSR count). The van der Waals surface area contributed by atoms with Crippen molar-refractivity contribution in [3.8, 4) is 11.5 Å². The van der Waals surface area contributed by atoms with E-state index in [4.69, 9.17) is 14.2 Å². The molecule has 1 aromatic rings. The van der Waals surface area contributed by atoms with Crippen molar-refractivity contribution in [1.29, 1.82) is 0 Å². The van der Waals surface area contributed by atoms with Crippen LogP contribution in [0.1, 0.15) is 43.9 Å². The smallest absolute Gasteiger partial charge is 0.128 e. The van der Waals surface area contributed by atoms with Crippen LogP contribution in [0.4, 0.5) is 0 Å². The monoisotopic (exact) mass is 329 g/mol. The average molecular weight is 330 g/mol. The second kappa shape index (κ2) is 9.23.